The van der Waals surface area contributed by atoms with Gasteiger partial charge in [0.2, 0.25) is 5.91 Å². The van der Waals surface area contributed by atoms with Crippen molar-refractivity contribution in [3.63, 3.8) is 0 Å². The van der Waals surface area contributed by atoms with Crippen LogP contribution >= 0.6 is 0 Å². The molecule has 1 amide bonds. The Morgan fingerprint density at radius 2 is 1.92 bits per heavy atom. The molecule has 0 radical (unpaired) electrons. The van der Waals surface area contributed by atoms with Crippen LogP contribution in [0.25, 0.3) is 0 Å². The molecule has 6 heteroatoms. The first-order valence-corrected chi connectivity index (χ1v) is 8.11. The molecule has 0 unspecified atom stereocenters. The van der Waals surface area contributed by atoms with E-state index in [1.165, 1.54) is 6.07 Å². The second kappa shape index (κ2) is 7.49. The number of furan rings is 1. The van der Waals surface area contributed by atoms with Crippen LogP contribution in [0, 0.1) is 5.82 Å². The van der Waals surface area contributed by atoms with Crippen LogP contribution in [-0.2, 0) is 11.3 Å². The van der Waals surface area contributed by atoms with Crippen molar-refractivity contribution >= 4 is 11.6 Å². The molecule has 2 heterocycles. The maximum atomic E-state index is 13.8. The van der Waals surface area contributed by atoms with Crippen molar-refractivity contribution in [3.8, 4) is 0 Å². The summed E-state index contributed by atoms with van der Waals surface area (Å²) in [7, 11) is 1.78. The zero-order valence-electron chi connectivity index (χ0n) is 13.8. The average Bonchev–Trinajstić information content (AvgIpc) is 3.09. The smallest absolute Gasteiger partial charge is 0.236 e. The van der Waals surface area contributed by atoms with Crippen molar-refractivity contribution in [2.45, 2.75) is 6.54 Å². The highest BCUT2D eigenvalue weighted by Crippen LogP contribution is 2.20. The fourth-order valence-electron chi connectivity index (χ4n) is 2.89. The summed E-state index contributed by atoms with van der Waals surface area (Å²) in [5.41, 5.74) is 0.637. The molecule has 0 bridgehead atoms. The Hall–Kier alpha value is -2.34. The lowest BCUT2D eigenvalue weighted by molar-refractivity contribution is -0.131. The quantitative estimate of drug-likeness (QED) is 0.842. The van der Waals surface area contributed by atoms with Crippen LogP contribution in [0.3, 0.4) is 0 Å². The van der Waals surface area contributed by atoms with Crippen molar-refractivity contribution in [2.24, 2.45) is 0 Å². The molecular weight excluding hydrogens is 309 g/mol. The van der Waals surface area contributed by atoms with Crippen LogP contribution in [0.15, 0.2) is 47.1 Å². The van der Waals surface area contributed by atoms with Crippen molar-refractivity contribution in [1.29, 1.82) is 0 Å². The van der Waals surface area contributed by atoms with Gasteiger partial charge in [0, 0.05) is 33.2 Å². The monoisotopic (exact) mass is 331 g/mol. The molecule has 0 atom stereocenters. The zero-order chi connectivity index (χ0) is 16.9. The summed E-state index contributed by atoms with van der Waals surface area (Å²) in [4.78, 5) is 18.1. The number of carbonyl (C=O) groups is 1. The van der Waals surface area contributed by atoms with E-state index in [4.69, 9.17) is 4.42 Å². The van der Waals surface area contributed by atoms with Crippen molar-refractivity contribution in [3.05, 3.63) is 54.2 Å². The normalized spacial score (nSPS) is 15.5. The summed E-state index contributed by atoms with van der Waals surface area (Å²) >= 11 is 0. The predicted molar refractivity (Wildman–Crippen MR) is 90.2 cm³/mol. The van der Waals surface area contributed by atoms with Crippen LogP contribution in [0.5, 0.6) is 0 Å². The maximum absolute atomic E-state index is 13.8. The molecule has 1 aliphatic rings. The highest BCUT2D eigenvalue weighted by atomic mass is 19.1. The lowest BCUT2D eigenvalue weighted by Gasteiger charge is -2.36. The van der Waals surface area contributed by atoms with Gasteiger partial charge in [0.25, 0.3) is 0 Å². The standard InChI is InChI=1S/C18H22FN3O2/c1-20(13-15-5-4-12-24-15)18(23)14-21-8-10-22(11-9-21)17-7-3-2-6-16(17)19/h2-7,12H,8-11,13-14H2,1H3. The molecule has 0 saturated carbocycles. The van der Waals surface area contributed by atoms with E-state index in [1.54, 1.807) is 30.3 Å². The summed E-state index contributed by atoms with van der Waals surface area (Å²) in [5.74, 6) is 0.640. The van der Waals surface area contributed by atoms with Crippen LogP contribution in [0.1, 0.15) is 5.76 Å². The predicted octanol–water partition coefficient (Wildman–Crippen LogP) is 2.20. The van der Waals surface area contributed by atoms with Crippen molar-refractivity contribution in [2.75, 3.05) is 44.7 Å². The van der Waals surface area contributed by atoms with E-state index in [1.807, 2.05) is 23.1 Å². The highest BCUT2D eigenvalue weighted by molar-refractivity contribution is 5.78. The topological polar surface area (TPSA) is 39.9 Å². The van der Waals surface area contributed by atoms with E-state index in [2.05, 4.69) is 4.90 Å². The summed E-state index contributed by atoms with van der Waals surface area (Å²) in [6.45, 7) is 3.78. The number of likely N-dealkylation sites (N-methyl/N-ethyl adjacent to an activating group) is 1. The molecule has 1 aromatic carbocycles. The van der Waals surface area contributed by atoms with E-state index in [-0.39, 0.29) is 11.7 Å². The van der Waals surface area contributed by atoms with Gasteiger partial charge >= 0.3 is 0 Å². The second-order valence-corrected chi connectivity index (χ2v) is 6.04. The number of benzene rings is 1. The van der Waals surface area contributed by atoms with Gasteiger partial charge in [-0.1, -0.05) is 12.1 Å². The number of piperazine rings is 1. The van der Waals surface area contributed by atoms with Gasteiger partial charge in [0.1, 0.15) is 11.6 Å². The molecule has 2 aromatic rings. The van der Waals surface area contributed by atoms with Crippen molar-refractivity contribution in [1.82, 2.24) is 9.80 Å². The van der Waals surface area contributed by atoms with E-state index >= 15 is 0 Å². The third kappa shape index (κ3) is 3.94. The largest absolute Gasteiger partial charge is 0.467 e. The number of hydrogen-bond acceptors (Lipinski definition) is 4. The van der Waals surface area contributed by atoms with E-state index in [0.29, 0.717) is 18.8 Å². The lowest BCUT2D eigenvalue weighted by atomic mass is 10.2. The zero-order valence-corrected chi connectivity index (χ0v) is 13.8. The highest BCUT2D eigenvalue weighted by Gasteiger charge is 2.22. The first-order chi connectivity index (χ1) is 11.6. The Labute approximate surface area is 141 Å². The molecule has 3 rings (SSSR count). The minimum absolute atomic E-state index is 0.0609. The fourth-order valence-corrected chi connectivity index (χ4v) is 2.89. The van der Waals surface area contributed by atoms with Gasteiger partial charge in [0.05, 0.1) is 25.0 Å². The first kappa shape index (κ1) is 16.5. The molecule has 0 N–H and O–H groups in total. The minimum atomic E-state index is -0.194. The van der Waals surface area contributed by atoms with Crippen LogP contribution in [-0.4, -0.2) is 55.5 Å². The Kier molecular flexibility index (Phi) is 5.15. The van der Waals surface area contributed by atoms with Gasteiger partial charge in [-0.15, -0.1) is 0 Å². The SMILES string of the molecule is CN(Cc1ccco1)C(=O)CN1CCN(c2ccccc2F)CC1. The Morgan fingerprint density at radius 1 is 1.17 bits per heavy atom. The molecule has 128 valence electrons. The fraction of sp³-hybridized carbons (Fsp3) is 0.389. The van der Waals surface area contributed by atoms with Gasteiger partial charge in [-0.25, -0.2) is 4.39 Å². The number of anilines is 1. The molecular formula is C18H22FN3O2. The molecule has 24 heavy (non-hydrogen) atoms. The molecule has 1 aromatic heterocycles. The van der Waals surface area contributed by atoms with Crippen LogP contribution in [0.4, 0.5) is 10.1 Å². The number of nitrogens with zero attached hydrogens (tertiary/aromatic N) is 3. The summed E-state index contributed by atoms with van der Waals surface area (Å²) in [6, 6.07) is 10.5. The van der Waals surface area contributed by atoms with Gasteiger partial charge in [-0.2, -0.15) is 0 Å². The Balaban J connectivity index is 1.48. The van der Waals surface area contributed by atoms with E-state index in [0.717, 1.165) is 31.9 Å². The molecule has 1 fully saturated rings. The number of hydrogen-bond donors (Lipinski definition) is 0. The van der Waals surface area contributed by atoms with E-state index < -0.39 is 0 Å². The molecule has 0 spiro atoms. The number of halogens is 1. The summed E-state index contributed by atoms with van der Waals surface area (Å²) in [5, 5.41) is 0. The third-order valence-electron chi connectivity index (χ3n) is 4.32. The third-order valence-corrected chi connectivity index (χ3v) is 4.32. The number of amides is 1. The second-order valence-electron chi connectivity index (χ2n) is 6.04. The average molecular weight is 331 g/mol. The number of para-hydroxylation sites is 1. The maximum Gasteiger partial charge on any atom is 0.236 e. The van der Waals surface area contributed by atoms with Gasteiger partial charge in [-0.05, 0) is 24.3 Å². The number of carbonyl (C=O) groups excluding carboxylic acids is 1. The Morgan fingerprint density at radius 3 is 2.58 bits per heavy atom. The molecule has 1 aliphatic heterocycles. The Bertz CT molecular complexity index is 667. The summed E-state index contributed by atoms with van der Waals surface area (Å²) in [6.07, 6.45) is 1.61. The van der Waals surface area contributed by atoms with Crippen LogP contribution < -0.4 is 4.90 Å². The number of rotatable bonds is 5. The molecule has 0 aliphatic carbocycles. The van der Waals surface area contributed by atoms with Crippen molar-refractivity contribution < 1.29 is 13.6 Å². The molecule has 5 nitrogen and oxygen atoms in total. The van der Waals surface area contributed by atoms with Gasteiger partial charge in [0.15, 0.2) is 0 Å². The van der Waals surface area contributed by atoms with Gasteiger partial charge < -0.3 is 14.2 Å². The molecule has 1 saturated heterocycles. The first-order valence-electron chi connectivity index (χ1n) is 8.11. The van der Waals surface area contributed by atoms with Crippen LogP contribution in [0.2, 0.25) is 0 Å². The minimum Gasteiger partial charge on any atom is -0.467 e. The van der Waals surface area contributed by atoms with E-state index in [9.17, 15) is 9.18 Å². The summed E-state index contributed by atoms with van der Waals surface area (Å²) < 4.78 is 19.1. The lowest BCUT2D eigenvalue weighted by Crippen LogP contribution is -2.49. The van der Waals surface area contributed by atoms with Gasteiger partial charge in [-0.3, -0.25) is 9.69 Å².